The number of rotatable bonds is 3. The minimum atomic E-state index is -0.294. The molecular weight excluding hydrogens is 180 g/mol. The third kappa shape index (κ3) is 2.76. The Morgan fingerprint density at radius 2 is 2.00 bits per heavy atom. The van der Waals surface area contributed by atoms with Gasteiger partial charge < -0.3 is 9.84 Å². The van der Waals surface area contributed by atoms with Crippen molar-refractivity contribution in [3.63, 3.8) is 0 Å². The summed E-state index contributed by atoms with van der Waals surface area (Å²) < 4.78 is 4.55. The van der Waals surface area contributed by atoms with Crippen LogP contribution in [0.5, 0.6) is 5.75 Å². The van der Waals surface area contributed by atoms with Crippen LogP contribution in [-0.2, 0) is 22.4 Å². The topological polar surface area (TPSA) is 46.5 Å². The zero-order chi connectivity index (χ0) is 10.6. The zero-order valence-corrected chi connectivity index (χ0v) is 8.41. The molecule has 0 unspecified atom stereocenters. The van der Waals surface area contributed by atoms with Crippen LogP contribution >= 0.6 is 0 Å². The molecule has 0 bridgehead atoms. The smallest absolute Gasteiger partial charge is 0.309 e. The maximum atomic E-state index is 11.0. The zero-order valence-electron chi connectivity index (χ0n) is 8.41. The second-order valence-corrected chi connectivity index (χ2v) is 3.11. The van der Waals surface area contributed by atoms with Gasteiger partial charge in [0.05, 0.1) is 13.5 Å². The first-order chi connectivity index (χ1) is 6.65. The Morgan fingerprint density at radius 1 is 1.36 bits per heavy atom. The minimum absolute atomic E-state index is 0.197. The molecule has 0 amide bonds. The minimum Gasteiger partial charge on any atom is -0.508 e. The molecule has 0 aliphatic carbocycles. The van der Waals surface area contributed by atoms with Gasteiger partial charge in [-0.1, -0.05) is 13.0 Å². The van der Waals surface area contributed by atoms with Gasteiger partial charge in [-0.25, -0.2) is 0 Å². The van der Waals surface area contributed by atoms with Crippen molar-refractivity contribution in [3.8, 4) is 5.75 Å². The van der Waals surface area contributed by atoms with Crippen molar-refractivity contribution < 1.29 is 14.6 Å². The summed E-state index contributed by atoms with van der Waals surface area (Å²) in [4.78, 5) is 11.0. The summed E-state index contributed by atoms with van der Waals surface area (Å²) in [6.07, 6.45) is 1.04. The van der Waals surface area contributed by atoms with Crippen LogP contribution in [0.1, 0.15) is 18.1 Å². The molecule has 0 saturated carbocycles. The number of methoxy groups -OCH3 is 1. The van der Waals surface area contributed by atoms with Gasteiger partial charge in [-0.15, -0.1) is 0 Å². The molecular formula is C11H14O3. The van der Waals surface area contributed by atoms with Crippen LogP contribution in [0.15, 0.2) is 18.2 Å². The van der Waals surface area contributed by atoms with Crippen LogP contribution in [0, 0.1) is 0 Å². The van der Waals surface area contributed by atoms with Crippen molar-refractivity contribution in [2.45, 2.75) is 19.8 Å². The van der Waals surface area contributed by atoms with Crippen molar-refractivity contribution in [3.05, 3.63) is 29.3 Å². The van der Waals surface area contributed by atoms with Crippen molar-refractivity contribution in [2.75, 3.05) is 7.11 Å². The molecule has 0 aliphatic rings. The van der Waals surface area contributed by atoms with E-state index in [1.165, 1.54) is 7.11 Å². The molecule has 1 N–H and O–H groups in total. The second kappa shape index (κ2) is 4.65. The number of phenolic OH excluding ortho intramolecular Hbond substituents is 1. The number of aryl methyl sites for hydroxylation is 1. The Bertz CT molecular complexity index is 331. The van der Waals surface area contributed by atoms with E-state index in [0.29, 0.717) is 0 Å². The number of hydrogen-bond donors (Lipinski definition) is 1. The molecule has 0 heterocycles. The fourth-order valence-corrected chi connectivity index (χ4v) is 1.29. The van der Waals surface area contributed by atoms with E-state index in [4.69, 9.17) is 0 Å². The summed E-state index contributed by atoms with van der Waals surface area (Å²) >= 11 is 0. The molecule has 0 aliphatic heterocycles. The standard InChI is InChI=1S/C11H14O3/c1-3-8-4-9(6-10(12)5-8)7-11(13)14-2/h4-6,12H,3,7H2,1-2H3. The highest BCUT2D eigenvalue weighted by atomic mass is 16.5. The van der Waals surface area contributed by atoms with Crippen molar-refractivity contribution in [2.24, 2.45) is 0 Å². The number of aromatic hydroxyl groups is 1. The van der Waals surface area contributed by atoms with Gasteiger partial charge in [0.25, 0.3) is 0 Å². The Kier molecular flexibility index (Phi) is 3.51. The highest BCUT2D eigenvalue weighted by Crippen LogP contribution is 2.16. The van der Waals surface area contributed by atoms with Gasteiger partial charge in [0, 0.05) is 0 Å². The van der Waals surface area contributed by atoms with E-state index >= 15 is 0 Å². The normalized spacial score (nSPS) is 9.86. The van der Waals surface area contributed by atoms with Crippen LogP contribution < -0.4 is 0 Å². The molecule has 0 spiro atoms. The molecule has 14 heavy (non-hydrogen) atoms. The van der Waals surface area contributed by atoms with Crippen LogP contribution in [-0.4, -0.2) is 18.2 Å². The second-order valence-electron chi connectivity index (χ2n) is 3.11. The number of phenols is 1. The molecule has 0 saturated heterocycles. The van der Waals surface area contributed by atoms with Gasteiger partial charge in [0.2, 0.25) is 0 Å². The third-order valence-corrected chi connectivity index (χ3v) is 2.02. The van der Waals surface area contributed by atoms with Crippen molar-refractivity contribution in [1.82, 2.24) is 0 Å². The summed E-state index contributed by atoms with van der Waals surface area (Å²) in [5.41, 5.74) is 1.80. The number of benzene rings is 1. The van der Waals surface area contributed by atoms with E-state index < -0.39 is 0 Å². The van der Waals surface area contributed by atoms with Crippen molar-refractivity contribution in [1.29, 1.82) is 0 Å². The number of esters is 1. The fourth-order valence-electron chi connectivity index (χ4n) is 1.29. The molecule has 0 atom stereocenters. The monoisotopic (exact) mass is 194 g/mol. The van der Waals surface area contributed by atoms with Gasteiger partial charge in [0.15, 0.2) is 0 Å². The van der Waals surface area contributed by atoms with Crippen LogP contribution in [0.25, 0.3) is 0 Å². The Hall–Kier alpha value is -1.51. The largest absolute Gasteiger partial charge is 0.508 e. The number of carbonyl (C=O) groups is 1. The maximum absolute atomic E-state index is 11.0. The number of ether oxygens (including phenoxy) is 1. The maximum Gasteiger partial charge on any atom is 0.309 e. The first-order valence-electron chi connectivity index (χ1n) is 4.54. The number of carbonyl (C=O) groups excluding carboxylic acids is 1. The van der Waals surface area contributed by atoms with Gasteiger partial charge in [0.1, 0.15) is 5.75 Å². The molecule has 0 radical (unpaired) electrons. The molecule has 76 valence electrons. The molecule has 1 rings (SSSR count). The lowest BCUT2D eigenvalue weighted by Crippen LogP contribution is -2.04. The Labute approximate surface area is 83.3 Å². The molecule has 3 nitrogen and oxygen atoms in total. The van der Waals surface area contributed by atoms with E-state index in [9.17, 15) is 9.90 Å². The van der Waals surface area contributed by atoms with E-state index in [-0.39, 0.29) is 18.1 Å². The van der Waals surface area contributed by atoms with Gasteiger partial charge in [-0.3, -0.25) is 4.79 Å². The van der Waals surface area contributed by atoms with Crippen LogP contribution in [0.4, 0.5) is 0 Å². The molecule has 3 heteroatoms. The molecule has 0 fully saturated rings. The lowest BCUT2D eigenvalue weighted by molar-refractivity contribution is -0.139. The predicted octanol–water partition coefficient (Wildman–Crippen LogP) is 1.67. The molecule has 1 aromatic rings. The summed E-state index contributed by atoms with van der Waals surface area (Å²) in [6, 6.07) is 5.17. The van der Waals surface area contributed by atoms with Crippen LogP contribution in [0.2, 0.25) is 0 Å². The number of hydrogen-bond acceptors (Lipinski definition) is 3. The van der Waals surface area contributed by atoms with Crippen molar-refractivity contribution >= 4 is 5.97 Å². The summed E-state index contributed by atoms with van der Waals surface area (Å²) in [7, 11) is 1.35. The highest BCUT2D eigenvalue weighted by Gasteiger charge is 2.04. The molecule has 0 aromatic heterocycles. The van der Waals surface area contributed by atoms with Gasteiger partial charge in [-0.05, 0) is 29.7 Å². The summed E-state index contributed by atoms with van der Waals surface area (Å²) in [6.45, 7) is 2.00. The van der Waals surface area contributed by atoms with E-state index in [1.807, 2.05) is 13.0 Å². The van der Waals surface area contributed by atoms with E-state index in [1.54, 1.807) is 12.1 Å². The SMILES string of the molecule is CCc1cc(O)cc(CC(=O)OC)c1. The highest BCUT2D eigenvalue weighted by molar-refractivity contribution is 5.72. The van der Waals surface area contributed by atoms with E-state index in [2.05, 4.69) is 4.74 Å². The quantitative estimate of drug-likeness (QED) is 0.744. The van der Waals surface area contributed by atoms with E-state index in [0.717, 1.165) is 17.5 Å². The average molecular weight is 194 g/mol. The average Bonchev–Trinajstić information content (AvgIpc) is 2.16. The molecule has 1 aromatic carbocycles. The van der Waals surface area contributed by atoms with Gasteiger partial charge in [-0.2, -0.15) is 0 Å². The Morgan fingerprint density at radius 3 is 2.57 bits per heavy atom. The summed E-state index contributed by atoms with van der Waals surface area (Å²) in [5.74, 6) is -0.0964. The Balaban J connectivity index is 2.86. The lowest BCUT2D eigenvalue weighted by Gasteiger charge is -2.04. The van der Waals surface area contributed by atoms with Gasteiger partial charge >= 0.3 is 5.97 Å². The first kappa shape index (κ1) is 10.6. The predicted molar refractivity (Wildman–Crippen MR) is 53.2 cm³/mol. The third-order valence-electron chi connectivity index (χ3n) is 2.02. The summed E-state index contributed by atoms with van der Waals surface area (Å²) in [5, 5.41) is 9.36. The lowest BCUT2D eigenvalue weighted by atomic mass is 10.1. The fraction of sp³-hybridized carbons (Fsp3) is 0.364. The van der Waals surface area contributed by atoms with Crippen LogP contribution in [0.3, 0.4) is 0 Å². The first-order valence-corrected chi connectivity index (χ1v) is 4.54.